The third kappa shape index (κ3) is 1.78. The largest absolute Gasteiger partial charge is 0.296 e. The van der Waals surface area contributed by atoms with Crippen LogP contribution in [-0.2, 0) is 0 Å². The van der Waals surface area contributed by atoms with E-state index in [1.807, 2.05) is 30.3 Å². The number of hydrogen-bond acceptors (Lipinski definition) is 2. The van der Waals surface area contributed by atoms with Gasteiger partial charge in [0, 0.05) is 12.6 Å². The molecule has 0 radical (unpaired) electrons. The van der Waals surface area contributed by atoms with E-state index in [2.05, 4.69) is 29.4 Å². The van der Waals surface area contributed by atoms with Gasteiger partial charge in [-0.25, -0.2) is 0 Å². The molecule has 0 spiro atoms. The van der Waals surface area contributed by atoms with E-state index in [-0.39, 0.29) is 0 Å². The van der Waals surface area contributed by atoms with Crippen molar-refractivity contribution in [3.63, 3.8) is 0 Å². The van der Waals surface area contributed by atoms with Crippen molar-refractivity contribution in [1.29, 1.82) is 0 Å². The minimum absolute atomic E-state index is 0.899. The van der Waals surface area contributed by atoms with Crippen molar-refractivity contribution in [2.45, 2.75) is 0 Å². The van der Waals surface area contributed by atoms with Gasteiger partial charge in [-0.3, -0.25) is 5.01 Å². The smallest absolute Gasteiger partial charge is 0.0901 e. The molecular weight excluding hydrogens is 160 g/mol. The van der Waals surface area contributed by atoms with Gasteiger partial charge in [0.1, 0.15) is 0 Å². The van der Waals surface area contributed by atoms with Crippen molar-refractivity contribution < 1.29 is 0 Å². The van der Waals surface area contributed by atoms with Gasteiger partial charge in [-0.15, -0.1) is 0 Å². The van der Waals surface area contributed by atoms with Gasteiger partial charge in [0.2, 0.25) is 0 Å². The van der Waals surface area contributed by atoms with Gasteiger partial charge in [-0.2, -0.15) is 5.10 Å². The molecular formula is C11H12N2. The lowest BCUT2D eigenvalue weighted by molar-refractivity contribution is 0.391. The second-order valence-electron chi connectivity index (χ2n) is 3.09. The molecule has 0 atom stereocenters. The van der Waals surface area contributed by atoms with Crippen molar-refractivity contribution >= 4 is 5.71 Å². The molecule has 0 fully saturated rings. The highest BCUT2D eigenvalue weighted by atomic mass is 15.4. The van der Waals surface area contributed by atoms with E-state index in [0.29, 0.717) is 0 Å². The van der Waals surface area contributed by atoms with E-state index >= 15 is 0 Å². The summed E-state index contributed by atoms with van der Waals surface area (Å²) in [5.74, 6) is 0. The molecule has 0 amide bonds. The van der Waals surface area contributed by atoms with Crippen molar-refractivity contribution in [2.24, 2.45) is 5.10 Å². The molecule has 1 heterocycles. The zero-order chi connectivity index (χ0) is 9.10. The lowest BCUT2D eigenvalue weighted by Crippen LogP contribution is -2.18. The maximum Gasteiger partial charge on any atom is 0.0901 e. The highest BCUT2D eigenvalue weighted by molar-refractivity contribution is 6.08. The highest BCUT2D eigenvalue weighted by Crippen LogP contribution is 2.06. The van der Waals surface area contributed by atoms with Gasteiger partial charge < -0.3 is 0 Å². The summed E-state index contributed by atoms with van der Waals surface area (Å²) in [4.78, 5) is 0. The number of likely N-dealkylation sites (N-methyl/N-ethyl adjacent to an activating group) is 1. The van der Waals surface area contributed by atoms with Crippen LogP contribution >= 0.6 is 0 Å². The minimum Gasteiger partial charge on any atom is -0.296 e. The van der Waals surface area contributed by atoms with Crippen LogP contribution in [0.4, 0.5) is 0 Å². The first-order valence-electron chi connectivity index (χ1n) is 4.38. The Balaban J connectivity index is 2.32. The lowest BCUT2D eigenvalue weighted by Gasteiger charge is -2.16. The predicted octanol–water partition coefficient (Wildman–Crippen LogP) is 1.89. The summed E-state index contributed by atoms with van der Waals surface area (Å²) in [6.45, 7) is 0.899. The first kappa shape index (κ1) is 8.05. The fourth-order valence-corrected chi connectivity index (χ4v) is 1.34. The van der Waals surface area contributed by atoms with Crippen LogP contribution in [0, 0.1) is 0 Å². The van der Waals surface area contributed by atoms with Crippen LogP contribution < -0.4 is 0 Å². The molecule has 66 valence electrons. The van der Waals surface area contributed by atoms with Crippen LogP contribution in [0.1, 0.15) is 5.56 Å². The molecule has 0 saturated heterocycles. The van der Waals surface area contributed by atoms with Crippen LogP contribution in [-0.4, -0.2) is 24.3 Å². The summed E-state index contributed by atoms with van der Waals surface area (Å²) < 4.78 is 0. The molecule has 2 rings (SSSR count). The summed E-state index contributed by atoms with van der Waals surface area (Å²) in [5.41, 5.74) is 2.21. The third-order valence-corrected chi connectivity index (χ3v) is 1.99. The van der Waals surface area contributed by atoms with Gasteiger partial charge in [-0.05, 0) is 6.08 Å². The summed E-state index contributed by atoms with van der Waals surface area (Å²) >= 11 is 0. The van der Waals surface area contributed by atoms with E-state index in [9.17, 15) is 0 Å². The Morgan fingerprint density at radius 1 is 1.23 bits per heavy atom. The molecule has 1 aliphatic heterocycles. The Morgan fingerprint density at radius 3 is 2.69 bits per heavy atom. The van der Waals surface area contributed by atoms with Crippen molar-refractivity contribution in [3.05, 3.63) is 48.0 Å². The summed E-state index contributed by atoms with van der Waals surface area (Å²) in [6.07, 6.45) is 4.19. The monoisotopic (exact) mass is 172 g/mol. The average Bonchev–Trinajstić information content (AvgIpc) is 2.19. The van der Waals surface area contributed by atoms with Crippen LogP contribution in [0.2, 0.25) is 0 Å². The second kappa shape index (κ2) is 3.44. The Hall–Kier alpha value is -1.57. The number of hydrazone groups is 1. The van der Waals surface area contributed by atoms with Crippen molar-refractivity contribution in [3.8, 4) is 0 Å². The number of rotatable bonds is 1. The number of allylic oxidation sites excluding steroid dienone is 1. The lowest BCUT2D eigenvalue weighted by atomic mass is 10.1. The number of hydrogen-bond donors (Lipinski definition) is 0. The first-order chi connectivity index (χ1) is 6.36. The Bertz CT molecular complexity index is 338. The molecule has 2 nitrogen and oxygen atoms in total. The van der Waals surface area contributed by atoms with Crippen LogP contribution in [0.5, 0.6) is 0 Å². The summed E-state index contributed by atoms with van der Waals surface area (Å²) in [7, 11) is 1.98. The van der Waals surface area contributed by atoms with Crippen LogP contribution in [0.25, 0.3) is 0 Å². The summed E-state index contributed by atoms with van der Waals surface area (Å²) in [5, 5.41) is 6.35. The maximum absolute atomic E-state index is 4.42. The van der Waals surface area contributed by atoms with E-state index < -0.39 is 0 Å². The molecule has 0 aliphatic carbocycles. The van der Waals surface area contributed by atoms with E-state index in [1.165, 1.54) is 5.56 Å². The standard InChI is InChI=1S/C11H12N2/c1-13-9-5-8-11(12-13)10-6-3-2-4-7-10/h2-8H,9H2,1H3. The molecule has 0 saturated carbocycles. The molecule has 13 heavy (non-hydrogen) atoms. The molecule has 0 unspecified atom stereocenters. The van der Waals surface area contributed by atoms with Crippen molar-refractivity contribution in [1.82, 2.24) is 5.01 Å². The number of nitrogens with zero attached hydrogens (tertiary/aromatic N) is 2. The fraction of sp³-hybridized carbons (Fsp3) is 0.182. The van der Waals surface area contributed by atoms with Crippen LogP contribution in [0.15, 0.2) is 47.6 Å². The normalized spacial score (nSPS) is 15.8. The second-order valence-corrected chi connectivity index (χ2v) is 3.09. The molecule has 1 aliphatic rings. The first-order valence-corrected chi connectivity index (χ1v) is 4.38. The molecule has 0 bridgehead atoms. The average molecular weight is 172 g/mol. The van der Waals surface area contributed by atoms with Gasteiger partial charge in [-0.1, -0.05) is 36.4 Å². The minimum atomic E-state index is 0.899. The third-order valence-electron chi connectivity index (χ3n) is 1.99. The maximum atomic E-state index is 4.42. The Kier molecular flexibility index (Phi) is 2.13. The van der Waals surface area contributed by atoms with E-state index in [4.69, 9.17) is 0 Å². The molecule has 1 aromatic rings. The highest BCUT2D eigenvalue weighted by Gasteiger charge is 2.03. The van der Waals surface area contributed by atoms with E-state index in [0.717, 1.165) is 12.3 Å². The van der Waals surface area contributed by atoms with Gasteiger partial charge in [0.15, 0.2) is 0 Å². The zero-order valence-corrected chi connectivity index (χ0v) is 7.64. The SMILES string of the molecule is CN1CC=CC(c2ccccc2)=N1. The molecule has 2 heteroatoms. The van der Waals surface area contributed by atoms with Crippen molar-refractivity contribution in [2.75, 3.05) is 13.6 Å². The topological polar surface area (TPSA) is 15.6 Å². The Labute approximate surface area is 78.2 Å². The van der Waals surface area contributed by atoms with Crippen LogP contribution in [0.3, 0.4) is 0 Å². The number of benzene rings is 1. The predicted molar refractivity (Wildman–Crippen MR) is 54.7 cm³/mol. The van der Waals surface area contributed by atoms with Gasteiger partial charge in [0.25, 0.3) is 0 Å². The molecule has 1 aromatic carbocycles. The quantitative estimate of drug-likeness (QED) is 0.631. The molecule has 0 N–H and O–H groups in total. The van der Waals surface area contributed by atoms with Gasteiger partial charge >= 0.3 is 0 Å². The Morgan fingerprint density at radius 2 is 2.00 bits per heavy atom. The van der Waals surface area contributed by atoms with Gasteiger partial charge in [0.05, 0.1) is 12.3 Å². The molecule has 0 aromatic heterocycles. The van der Waals surface area contributed by atoms with E-state index in [1.54, 1.807) is 0 Å². The fourth-order valence-electron chi connectivity index (χ4n) is 1.34. The summed E-state index contributed by atoms with van der Waals surface area (Å²) in [6, 6.07) is 10.2. The zero-order valence-electron chi connectivity index (χ0n) is 7.64.